The maximum atomic E-state index is 10.1. The number of nitrogens with zero attached hydrogens (tertiary/aromatic N) is 2. The summed E-state index contributed by atoms with van der Waals surface area (Å²) >= 11 is 0. The molecule has 6 nitrogen and oxygen atoms in total. The van der Waals surface area contributed by atoms with Crippen molar-refractivity contribution in [2.75, 3.05) is 39.5 Å². The Morgan fingerprint density at radius 1 is 1.09 bits per heavy atom. The van der Waals surface area contributed by atoms with Gasteiger partial charge in [0.2, 0.25) is 0 Å². The van der Waals surface area contributed by atoms with Crippen LogP contribution in [0.25, 0.3) is 10.9 Å². The quantitative estimate of drug-likeness (QED) is 0.616. The van der Waals surface area contributed by atoms with E-state index in [0.717, 1.165) is 10.9 Å². The number of pyridine rings is 1. The van der Waals surface area contributed by atoms with Crippen molar-refractivity contribution in [3.05, 3.63) is 36.5 Å². The van der Waals surface area contributed by atoms with Crippen LogP contribution in [0.1, 0.15) is 0 Å². The molecule has 120 valence electrons. The van der Waals surface area contributed by atoms with Crippen molar-refractivity contribution < 1.29 is 20.1 Å². The molecular weight excluding hydrogens is 284 g/mol. The highest BCUT2D eigenvalue weighted by Crippen LogP contribution is 2.22. The van der Waals surface area contributed by atoms with Crippen LogP contribution in [0.4, 0.5) is 0 Å². The van der Waals surface area contributed by atoms with Gasteiger partial charge in [-0.2, -0.15) is 0 Å². The monoisotopic (exact) mass is 306 g/mol. The van der Waals surface area contributed by atoms with Crippen molar-refractivity contribution in [2.24, 2.45) is 0 Å². The molecule has 0 aliphatic heterocycles. The molecule has 3 N–H and O–H groups in total. The van der Waals surface area contributed by atoms with Crippen LogP contribution in [0.2, 0.25) is 0 Å². The highest BCUT2D eigenvalue weighted by molar-refractivity contribution is 5.84. The van der Waals surface area contributed by atoms with E-state index in [-0.39, 0.29) is 19.8 Å². The average molecular weight is 306 g/mol. The van der Waals surface area contributed by atoms with Gasteiger partial charge in [-0.1, -0.05) is 18.2 Å². The van der Waals surface area contributed by atoms with Gasteiger partial charge in [0.25, 0.3) is 0 Å². The molecule has 22 heavy (non-hydrogen) atoms. The number of hydrogen-bond acceptors (Lipinski definition) is 6. The molecule has 1 aromatic heterocycles. The van der Waals surface area contributed by atoms with Crippen molar-refractivity contribution in [1.29, 1.82) is 0 Å². The van der Waals surface area contributed by atoms with Gasteiger partial charge >= 0.3 is 0 Å². The minimum Gasteiger partial charge on any atom is -0.489 e. The number of rotatable bonds is 9. The first kappa shape index (κ1) is 16.6. The molecule has 1 aromatic carbocycles. The van der Waals surface area contributed by atoms with Gasteiger partial charge in [-0.05, 0) is 12.1 Å². The molecular formula is C16H22N2O4. The van der Waals surface area contributed by atoms with E-state index in [1.54, 1.807) is 11.1 Å². The first-order valence-corrected chi connectivity index (χ1v) is 7.33. The van der Waals surface area contributed by atoms with E-state index in [1.165, 1.54) is 0 Å². The van der Waals surface area contributed by atoms with Crippen LogP contribution in [0.3, 0.4) is 0 Å². The molecule has 2 aromatic rings. The van der Waals surface area contributed by atoms with Gasteiger partial charge in [0.15, 0.2) is 0 Å². The summed E-state index contributed by atoms with van der Waals surface area (Å²) in [4.78, 5) is 6.08. The van der Waals surface area contributed by atoms with Crippen LogP contribution in [-0.4, -0.2) is 70.8 Å². The maximum Gasteiger partial charge on any atom is 0.145 e. The summed E-state index contributed by atoms with van der Waals surface area (Å²) in [5.41, 5.74) is 0.764. The average Bonchev–Trinajstić information content (AvgIpc) is 2.53. The molecule has 0 aliphatic carbocycles. The van der Waals surface area contributed by atoms with Gasteiger partial charge in [-0.3, -0.25) is 9.88 Å². The lowest BCUT2D eigenvalue weighted by atomic mass is 10.2. The minimum atomic E-state index is -0.711. The molecule has 1 unspecified atom stereocenters. The molecule has 0 radical (unpaired) electrons. The normalized spacial score (nSPS) is 12.7. The second kappa shape index (κ2) is 8.65. The largest absolute Gasteiger partial charge is 0.489 e. The Balaban J connectivity index is 1.93. The summed E-state index contributed by atoms with van der Waals surface area (Å²) in [6.45, 7) is 1.25. The van der Waals surface area contributed by atoms with E-state index in [4.69, 9.17) is 14.9 Å². The second-order valence-corrected chi connectivity index (χ2v) is 5.04. The highest BCUT2D eigenvalue weighted by atomic mass is 16.5. The molecule has 0 bridgehead atoms. The zero-order valence-corrected chi connectivity index (χ0v) is 12.4. The predicted molar refractivity (Wildman–Crippen MR) is 83.9 cm³/mol. The lowest BCUT2D eigenvalue weighted by molar-refractivity contribution is 0.0556. The van der Waals surface area contributed by atoms with E-state index >= 15 is 0 Å². The fourth-order valence-corrected chi connectivity index (χ4v) is 2.31. The summed E-state index contributed by atoms with van der Waals surface area (Å²) in [5, 5.41) is 29.0. The Kier molecular flexibility index (Phi) is 6.54. The number of para-hydroxylation sites is 1. The number of ether oxygens (including phenoxy) is 1. The van der Waals surface area contributed by atoms with Crippen LogP contribution in [-0.2, 0) is 0 Å². The number of aromatic nitrogens is 1. The van der Waals surface area contributed by atoms with Crippen molar-refractivity contribution >= 4 is 10.9 Å². The first-order chi connectivity index (χ1) is 10.7. The molecule has 0 saturated carbocycles. The second-order valence-electron chi connectivity index (χ2n) is 5.04. The zero-order chi connectivity index (χ0) is 15.8. The van der Waals surface area contributed by atoms with Gasteiger partial charge < -0.3 is 20.1 Å². The van der Waals surface area contributed by atoms with Crippen LogP contribution in [0, 0.1) is 0 Å². The Hall–Kier alpha value is -1.73. The number of aliphatic hydroxyl groups is 3. The number of benzene rings is 1. The first-order valence-electron chi connectivity index (χ1n) is 7.33. The minimum absolute atomic E-state index is 0.0131. The molecule has 0 fully saturated rings. The fraction of sp³-hybridized carbons (Fsp3) is 0.438. The van der Waals surface area contributed by atoms with Crippen molar-refractivity contribution in [3.63, 3.8) is 0 Å². The van der Waals surface area contributed by atoms with E-state index < -0.39 is 6.10 Å². The number of hydrogen-bond donors (Lipinski definition) is 3. The Bertz CT molecular complexity index is 568. The summed E-state index contributed by atoms with van der Waals surface area (Å²) in [6.07, 6.45) is 0.993. The fourth-order valence-electron chi connectivity index (χ4n) is 2.31. The van der Waals surface area contributed by atoms with Gasteiger partial charge in [0.1, 0.15) is 24.0 Å². The topological polar surface area (TPSA) is 86.1 Å². The third-order valence-corrected chi connectivity index (χ3v) is 3.33. The third-order valence-electron chi connectivity index (χ3n) is 3.33. The SMILES string of the molecule is OCCN(CCO)CC(O)COc1cccc2cccnc12. The van der Waals surface area contributed by atoms with Crippen molar-refractivity contribution in [1.82, 2.24) is 9.88 Å². The lowest BCUT2D eigenvalue weighted by Gasteiger charge is -2.23. The van der Waals surface area contributed by atoms with Gasteiger partial charge in [-0.25, -0.2) is 0 Å². The summed E-state index contributed by atoms with van der Waals surface area (Å²) in [5.74, 6) is 0.632. The molecule has 0 spiro atoms. The van der Waals surface area contributed by atoms with Gasteiger partial charge in [-0.15, -0.1) is 0 Å². The Morgan fingerprint density at radius 2 is 1.82 bits per heavy atom. The molecule has 6 heteroatoms. The van der Waals surface area contributed by atoms with E-state index in [1.807, 2.05) is 30.3 Å². The lowest BCUT2D eigenvalue weighted by Crippen LogP contribution is -2.38. The highest BCUT2D eigenvalue weighted by Gasteiger charge is 2.12. The van der Waals surface area contributed by atoms with Crippen LogP contribution >= 0.6 is 0 Å². The standard InChI is InChI=1S/C16H22N2O4/c19-9-7-18(8-10-20)11-14(21)12-22-15-5-1-3-13-4-2-6-17-16(13)15/h1-6,14,19-21H,7-12H2. The third kappa shape index (κ3) is 4.64. The number of aliphatic hydroxyl groups excluding tert-OH is 3. The van der Waals surface area contributed by atoms with Gasteiger partial charge in [0, 0.05) is 31.2 Å². The van der Waals surface area contributed by atoms with E-state index in [9.17, 15) is 5.11 Å². The molecule has 2 rings (SSSR count). The molecule has 0 amide bonds. The van der Waals surface area contributed by atoms with Gasteiger partial charge in [0.05, 0.1) is 13.2 Å². The maximum absolute atomic E-state index is 10.1. The molecule has 0 saturated heterocycles. The van der Waals surface area contributed by atoms with Crippen molar-refractivity contribution in [2.45, 2.75) is 6.10 Å². The van der Waals surface area contributed by atoms with Crippen LogP contribution in [0.5, 0.6) is 5.75 Å². The molecule has 0 aliphatic rings. The van der Waals surface area contributed by atoms with E-state index in [0.29, 0.717) is 25.4 Å². The Labute approximate surface area is 129 Å². The summed E-state index contributed by atoms with van der Waals surface area (Å²) < 4.78 is 5.67. The van der Waals surface area contributed by atoms with Crippen molar-refractivity contribution in [3.8, 4) is 5.75 Å². The smallest absolute Gasteiger partial charge is 0.145 e. The summed E-state index contributed by atoms with van der Waals surface area (Å²) in [7, 11) is 0. The molecule has 1 heterocycles. The summed E-state index contributed by atoms with van der Waals surface area (Å²) in [6, 6.07) is 9.48. The predicted octanol–water partition coefficient (Wildman–Crippen LogP) is 0.261. The van der Waals surface area contributed by atoms with Crippen LogP contribution in [0.15, 0.2) is 36.5 Å². The zero-order valence-electron chi connectivity index (χ0n) is 12.4. The molecule has 1 atom stereocenters. The number of fused-ring (bicyclic) bond motifs is 1. The van der Waals surface area contributed by atoms with Crippen LogP contribution < -0.4 is 4.74 Å². The Morgan fingerprint density at radius 3 is 2.55 bits per heavy atom. The van der Waals surface area contributed by atoms with E-state index in [2.05, 4.69) is 4.98 Å².